The zero-order chi connectivity index (χ0) is 25.2. The number of anilines is 1. The fraction of sp³-hybridized carbons (Fsp3) is 0.300. The molecule has 2 heterocycles. The Morgan fingerprint density at radius 2 is 2.03 bits per heavy atom. The molecule has 1 fully saturated rings. The lowest BCUT2D eigenvalue weighted by molar-refractivity contribution is 0.103. The maximum atomic E-state index is 13.2. The first-order valence-electron chi connectivity index (χ1n) is 10.4. The van der Waals surface area contributed by atoms with Crippen LogP contribution in [0.4, 0.5) is 5.82 Å². The lowest BCUT2D eigenvalue weighted by Crippen LogP contribution is -2.22. The van der Waals surface area contributed by atoms with Crippen LogP contribution in [0, 0.1) is 5.92 Å². The highest BCUT2D eigenvalue weighted by atomic mass is 79.9. The molecular weight excluding hydrogens is 564 g/mol. The van der Waals surface area contributed by atoms with Crippen LogP contribution < -0.4 is 10.5 Å². The van der Waals surface area contributed by atoms with Crippen LogP contribution in [-0.2, 0) is 24.5 Å². The summed E-state index contributed by atoms with van der Waals surface area (Å²) in [6, 6.07) is 7.37. The Hall–Kier alpha value is -2.72. The molecule has 1 aliphatic rings. The zero-order valence-corrected chi connectivity index (χ0v) is 21.3. The molecule has 0 unspecified atom stereocenters. The van der Waals surface area contributed by atoms with Crippen LogP contribution in [-0.4, -0.2) is 54.4 Å². The first kappa shape index (κ1) is 25.4. The molecule has 0 bridgehead atoms. The first-order valence-corrected chi connectivity index (χ1v) is 14.1. The van der Waals surface area contributed by atoms with Crippen molar-refractivity contribution in [2.24, 2.45) is 11.1 Å². The van der Waals surface area contributed by atoms with Crippen LogP contribution in [0.2, 0.25) is 0 Å². The average Bonchev–Trinajstić information content (AvgIpc) is 3.48. The molecule has 1 aromatic carbocycles. The Labute approximate surface area is 210 Å². The molecule has 1 saturated carbocycles. The van der Waals surface area contributed by atoms with Gasteiger partial charge in [-0.3, -0.25) is 8.98 Å². The normalized spacial score (nSPS) is 18.5. The van der Waals surface area contributed by atoms with Crippen LogP contribution >= 0.6 is 15.9 Å². The van der Waals surface area contributed by atoms with Crippen molar-refractivity contribution in [3.05, 3.63) is 64.8 Å². The number of ketones is 1. The summed E-state index contributed by atoms with van der Waals surface area (Å²) in [7, 11) is -8.00. The maximum absolute atomic E-state index is 13.2. The second-order valence-electron chi connectivity index (χ2n) is 7.95. The molecule has 2 atom stereocenters. The zero-order valence-electron chi connectivity index (χ0n) is 18.1. The van der Waals surface area contributed by atoms with Gasteiger partial charge >= 0.3 is 10.3 Å². The number of nitrogens with two attached hydrogens (primary N) is 1. The highest BCUT2D eigenvalue weighted by molar-refractivity contribution is 9.10. The smallest absolute Gasteiger partial charge is 0.333 e. The summed E-state index contributed by atoms with van der Waals surface area (Å²) in [6.45, 7) is -0.0174. The van der Waals surface area contributed by atoms with Crippen molar-refractivity contribution in [1.29, 1.82) is 0 Å². The highest BCUT2D eigenvalue weighted by Crippen LogP contribution is 2.29. The third-order valence-corrected chi connectivity index (χ3v) is 7.95. The number of nitrogens with zero attached hydrogens (tertiary/aromatic N) is 4. The molecule has 15 heteroatoms. The number of nitrogens with one attached hydrogen (secondary N) is 1. The van der Waals surface area contributed by atoms with Crippen molar-refractivity contribution >= 4 is 47.9 Å². The van der Waals surface area contributed by atoms with E-state index < -0.39 is 26.1 Å². The van der Waals surface area contributed by atoms with Gasteiger partial charge in [-0.1, -0.05) is 22.0 Å². The van der Waals surface area contributed by atoms with Crippen molar-refractivity contribution in [1.82, 2.24) is 19.2 Å². The van der Waals surface area contributed by atoms with E-state index in [2.05, 4.69) is 40.5 Å². The Morgan fingerprint density at radius 3 is 2.77 bits per heavy atom. The molecule has 1 aliphatic carbocycles. The fourth-order valence-corrected chi connectivity index (χ4v) is 5.88. The molecule has 3 N–H and O–H groups in total. The molecule has 0 radical (unpaired) electrons. The minimum Gasteiger partial charge on any atom is -0.367 e. The van der Waals surface area contributed by atoms with E-state index in [0.717, 1.165) is 4.09 Å². The molecule has 35 heavy (non-hydrogen) atoms. The number of hydrogen-bond acceptors (Lipinski definition) is 10. The third kappa shape index (κ3) is 6.10. The molecular formula is C20H21BrN6O6S2. The lowest BCUT2D eigenvalue weighted by atomic mass is 10.1. The second-order valence-corrected chi connectivity index (χ2v) is 11.9. The summed E-state index contributed by atoms with van der Waals surface area (Å²) in [5.74, 6) is -0.304. The molecule has 0 spiro atoms. The van der Waals surface area contributed by atoms with Gasteiger partial charge in [0.05, 0.1) is 17.1 Å². The van der Waals surface area contributed by atoms with Crippen LogP contribution in [0.5, 0.6) is 0 Å². The average molecular weight is 585 g/mol. The van der Waals surface area contributed by atoms with E-state index >= 15 is 0 Å². The molecule has 2 aromatic heterocycles. The van der Waals surface area contributed by atoms with E-state index in [9.17, 15) is 21.6 Å². The maximum Gasteiger partial charge on any atom is 0.333 e. The summed E-state index contributed by atoms with van der Waals surface area (Å²) in [6.07, 6.45) is 5.82. The number of carbonyl (C=O) groups is 1. The van der Waals surface area contributed by atoms with Gasteiger partial charge in [-0.15, -0.1) is 0 Å². The summed E-state index contributed by atoms with van der Waals surface area (Å²) in [5.41, 5.74) is 0.0362. The monoisotopic (exact) mass is 584 g/mol. The number of benzene rings is 1. The molecule has 12 nitrogen and oxygen atoms in total. The van der Waals surface area contributed by atoms with Crippen LogP contribution in [0.25, 0.3) is 0 Å². The molecule has 4 rings (SSSR count). The molecule has 0 saturated heterocycles. The second kappa shape index (κ2) is 10.1. The van der Waals surface area contributed by atoms with Crippen LogP contribution in [0.15, 0.2) is 58.4 Å². The van der Waals surface area contributed by atoms with Gasteiger partial charge in [0, 0.05) is 22.9 Å². The quantitative estimate of drug-likeness (QED) is 0.352. The number of hydrogen-bond donors (Lipinski definition) is 2. The van der Waals surface area contributed by atoms with Gasteiger partial charge in [0.2, 0.25) is 5.78 Å². The number of halogens is 1. The Morgan fingerprint density at radius 1 is 1.23 bits per heavy atom. The van der Waals surface area contributed by atoms with Gasteiger partial charge in [-0.25, -0.2) is 15.1 Å². The minimum atomic E-state index is -4.00. The predicted molar refractivity (Wildman–Crippen MR) is 128 cm³/mol. The summed E-state index contributed by atoms with van der Waals surface area (Å²) in [4.78, 5) is 21.2. The van der Waals surface area contributed by atoms with Gasteiger partial charge in [0.15, 0.2) is 0 Å². The van der Waals surface area contributed by atoms with Gasteiger partial charge in [-0.2, -0.15) is 26.0 Å². The molecule has 0 amide bonds. The summed E-state index contributed by atoms with van der Waals surface area (Å²) < 4.78 is 53.8. The Balaban J connectivity index is 1.50. The summed E-state index contributed by atoms with van der Waals surface area (Å²) >= 11 is 3.24. The van der Waals surface area contributed by atoms with Crippen molar-refractivity contribution in [3.63, 3.8) is 0 Å². The first-order chi connectivity index (χ1) is 16.5. The van der Waals surface area contributed by atoms with Crippen LogP contribution in [0.3, 0.4) is 0 Å². The van der Waals surface area contributed by atoms with Gasteiger partial charge in [-0.05, 0) is 49.4 Å². The van der Waals surface area contributed by atoms with Crippen LogP contribution in [0.1, 0.15) is 35.3 Å². The largest absolute Gasteiger partial charge is 0.367 e. The molecule has 0 aliphatic heterocycles. The fourth-order valence-electron chi connectivity index (χ4n) is 3.79. The highest BCUT2D eigenvalue weighted by Gasteiger charge is 2.28. The lowest BCUT2D eigenvalue weighted by Gasteiger charge is -2.15. The number of aromatic nitrogens is 4. The molecule has 3 aromatic rings. The van der Waals surface area contributed by atoms with Crippen molar-refractivity contribution in [2.75, 3.05) is 11.9 Å². The van der Waals surface area contributed by atoms with E-state index in [4.69, 9.17) is 5.14 Å². The summed E-state index contributed by atoms with van der Waals surface area (Å²) in [5, 5.41) is 12.1. The number of rotatable bonds is 9. The van der Waals surface area contributed by atoms with E-state index in [1.54, 1.807) is 12.1 Å². The molecule has 186 valence electrons. The van der Waals surface area contributed by atoms with Gasteiger partial charge < -0.3 is 5.32 Å². The van der Waals surface area contributed by atoms with Gasteiger partial charge in [0.1, 0.15) is 17.8 Å². The Kier molecular flexibility index (Phi) is 7.32. The topological polar surface area (TPSA) is 176 Å². The van der Waals surface area contributed by atoms with Gasteiger partial charge in [0.25, 0.3) is 10.0 Å². The third-order valence-electron chi connectivity index (χ3n) is 5.45. The van der Waals surface area contributed by atoms with E-state index in [-0.39, 0.29) is 40.5 Å². The van der Waals surface area contributed by atoms with Crippen molar-refractivity contribution in [3.8, 4) is 0 Å². The standard InChI is InChI=1S/C20H21BrN6O6S2/c21-14-2-1-3-16(9-14)34(29,30)27-7-6-18(26-27)19(28)17-10-23-12-24-20(17)25-15-5-4-13(8-15)11-33-35(22,31)32/h1-3,6-7,9-10,12-13,15H,4-5,8,11H2,(H2,22,31,32)(H,23,24,25)/t13-,15+/m1/s1. The van der Waals surface area contributed by atoms with Crippen molar-refractivity contribution < 1.29 is 25.8 Å². The Bertz CT molecular complexity index is 1460. The predicted octanol–water partition coefficient (Wildman–Crippen LogP) is 1.70. The van der Waals surface area contributed by atoms with Crippen molar-refractivity contribution in [2.45, 2.75) is 30.2 Å². The van der Waals surface area contributed by atoms with E-state index in [1.165, 1.54) is 36.9 Å². The number of carbonyl (C=O) groups excluding carboxylic acids is 1. The van der Waals surface area contributed by atoms with E-state index in [0.29, 0.717) is 23.7 Å². The van der Waals surface area contributed by atoms with E-state index in [1.807, 2.05) is 0 Å². The minimum absolute atomic E-state index is 0.0153. The SMILES string of the molecule is NS(=O)(=O)OC[C@@H]1CC[C@H](Nc2ncncc2C(=O)c2ccn(S(=O)(=O)c3cccc(Br)c3)n2)C1.